The number of carbonyl (C=O) groups is 3. The minimum Gasteiger partial charge on any atom is -0.465 e. The number of nitrogens with zero attached hydrogens (tertiary/aromatic N) is 2. The van der Waals surface area contributed by atoms with Gasteiger partial charge in [-0.05, 0) is 38.5 Å². The molecule has 0 bridgehead atoms. The Bertz CT molecular complexity index is 956. The van der Waals surface area contributed by atoms with Gasteiger partial charge in [-0.15, -0.1) is 0 Å². The number of rotatable bonds is 4. The summed E-state index contributed by atoms with van der Waals surface area (Å²) >= 11 is 0. The maximum Gasteiger partial charge on any atom is 0.313 e. The molecule has 5 aliphatic rings. The molecule has 0 aromatic heterocycles. The van der Waals surface area contributed by atoms with Gasteiger partial charge < -0.3 is 24.4 Å². The van der Waals surface area contributed by atoms with Crippen LogP contribution in [0.5, 0.6) is 0 Å². The first-order valence-corrected chi connectivity index (χ1v) is 13.7. The molecule has 1 aliphatic carbocycles. The van der Waals surface area contributed by atoms with E-state index in [0.29, 0.717) is 13.0 Å². The van der Waals surface area contributed by atoms with Gasteiger partial charge in [0, 0.05) is 12.6 Å². The largest absolute Gasteiger partial charge is 0.465 e. The summed E-state index contributed by atoms with van der Waals surface area (Å²) in [5, 5.41) is 10.4. The molecule has 4 aliphatic heterocycles. The third-order valence-electron chi connectivity index (χ3n) is 9.05. The monoisotopic (exact) mass is 500 g/mol. The standard InChI is InChI=1S/C28H40N2O6/c1-18(2)20(17-31)30-23-25(33)29(19-11-6-4-7-12-19)15-10-14-28(23)21(24(30)32)22-26(34)35-16-9-5-8-13-27(22,3)36-28/h8,10,13-14,18-23,31H,4-7,9,11-12,15-17H2,1-3H3/b13-8-/t20-,21-,22-,23?,27+,28-/m0/s1. The van der Waals surface area contributed by atoms with Gasteiger partial charge in [-0.3, -0.25) is 14.4 Å². The summed E-state index contributed by atoms with van der Waals surface area (Å²) in [6.45, 7) is 6.17. The molecular formula is C28H40N2O6. The molecule has 0 aromatic carbocycles. The maximum absolute atomic E-state index is 14.4. The Labute approximate surface area is 213 Å². The number of amides is 2. The molecule has 2 amide bonds. The number of ether oxygens (including phenoxy) is 2. The van der Waals surface area contributed by atoms with E-state index in [2.05, 4.69) is 0 Å². The second-order valence-electron chi connectivity index (χ2n) is 11.6. The van der Waals surface area contributed by atoms with E-state index in [0.717, 1.165) is 32.1 Å². The average Bonchev–Trinajstić information content (AvgIpc) is 3.19. The van der Waals surface area contributed by atoms with Crippen LogP contribution in [0.15, 0.2) is 24.3 Å². The van der Waals surface area contributed by atoms with Crippen LogP contribution in [0.25, 0.3) is 0 Å². The molecule has 0 radical (unpaired) electrons. The van der Waals surface area contributed by atoms with Crippen molar-refractivity contribution < 1.29 is 29.0 Å². The zero-order valence-corrected chi connectivity index (χ0v) is 21.7. The SMILES string of the molecule is CC(C)[C@H](CO)N1C(=O)[C@@H]2[C@H]3C(=O)OCCC/C=C\[C@@]3(C)O[C@@]23C=CCN(C2CCCCC2)C(=O)C13. The lowest BCUT2D eigenvalue weighted by molar-refractivity contribution is -0.162. The number of cyclic esters (lactones) is 1. The first-order valence-electron chi connectivity index (χ1n) is 13.7. The third kappa shape index (κ3) is 3.83. The highest BCUT2D eigenvalue weighted by Crippen LogP contribution is 2.58. The van der Waals surface area contributed by atoms with E-state index in [1.165, 1.54) is 6.42 Å². The molecule has 8 nitrogen and oxygen atoms in total. The fraction of sp³-hybridized carbons (Fsp3) is 0.750. The summed E-state index contributed by atoms with van der Waals surface area (Å²) in [7, 11) is 0. The van der Waals surface area contributed by atoms with Gasteiger partial charge in [0.2, 0.25) is 11.8 Å². The van der Waals surface area contributed by atoms with E-state index in [4.69, 9.17) is 9.47 Å². The number of aliphatic hydroxyl groups excluding tert-OH is 1. The molecular weight excluding hydrogens is 460 g/mol. The Hall–Kier alpha value is -2.19. The van der Waals surface area contributed by atoms with E-state index in [9.17, 15) is 19.5 Å². The summed E-state index contributed by atoms with van der Waals surface area (Å²) in [4.78, 5) is 45.7. The van der Waals surface area contributed by atoms with Crippen LogP contribution in [0.3, 0.4) is 0 Å². The maximum atomic E-state index is 14.4. The van der Waals surface area contributed by atoms with Gasteiger partial charge in [-0.1, -0.05) is 57.4 Å². The molecule has 198 valence electrons. The number of hydrogen-bond donors (Lipinski definition) is 1. The van der Waals surface area contributed by atoms with Crippen molar-refractivity contribution in [2.45, 2.75) is 95.0 Å². The number of esters is 1. The van der Waals surface area contributed by atoms with Crippen molar-refractivity contribution in [2.75, 3.05) is 19.8 Å². The molecule has 8 heteroatoms. The summed E-state index contributed by atoms with van der Waals surface area (Å²) in [6.07, 6.45) is 14.4. The van der Waals surface area contributed by atoms with Gasteiger partial charge in [0.1, 0.15) is 17.6 Å². The number of fused-ring (bicyclic) bond motifs is 2. The second-order valence-corrected chi connectivity index (χ2v) is 11.6. The van der Waals surface area contributed by atoms with Crippen molar-refractivity contribution in [3.8, 4) is 0 Å². The van der Waals surface area contributed by atoms with Crippen molar-refractivity contribution in [3.63, 3.8) is 0 Å². The molecule has 36 heavy (non-hydrogen) atoms. The highest BCUT2D eigenvalue weighted by Gasteiger charge is 2.75. The highest BCUT2D eigenvalue weighted by molar-refractivity contribution is 5.99. The van der Waals surface area contributed by atoms with Crippen molar-refractivity contribution in [2.24, 2.45) is 17.8 Å². The Morgan fingerprint density at radius 1 is 1.03 bits per heavy atom. The van der Waals surface area contributed by atoms with Crippen LogP contribution in [0, 0.1) is 17.8 Å². The first kappa shape index (κ1) is 25.5. The van der Waals surface area contributed by atoms with E-state index >= 15 is 0 Å². The molecule has 1 unspecified atom stereocenters. The Kier molecular flexibility index (Phi) is 6.79. The molecule has 1 saturated carbocycles. The number of carbonyl (C=O) groups excluding carboxylic acids is 3. The summed E-state index contributed by atoms with van der Waals surface area (Å²) in [5.41, 5.74) is -2.38. The highest BCUT2D eigenvalue weighted by atomic mass is 16.6. The Morgan fingerprint density at radius 3 is 2.47 bits per heavy atom. The van der Waals surface area contributed by atoms with Gasteiger partial charge in [0.25, 0.3) is 0 Å². The lowest BCUT2D eigenvalue weighted by atomic mass is 9.74. The molecule has 3 fully saturated rings. The fourth-order valence-corrected chi connectivity index (χ4v) is 7.29. The molecule has 0 aromatic rings. The predicted molar refractivity (Wildman–Crippen MR) is 133 cm³/mol. The van der Waals surface area contributed by atoms with Crippen molar-refractivity contribution in [1.29, 1.82) is 0 Å². The van der Waals surface area contributed by atoms with Crippen molar-refractivity contribution in [1.82, 2.24) is 9.80 Å². The minimum atomic E-state index is -1.30. The fourth-order valence-electron chi connectivity index (χ4n) is 7.29. The molecule has 1 N–H and O–H groups in total. The first-order chi connectivity index (χ1) is 17.2. The van der Waals surface area contributed by atoms with Crippen LogP contribution in [0.4, 0.5) is 0 Å². The summed E-state index contributed by atoms with van der Waals surface area (Å²) in [5.74, 6) is -2.78. The van der Waals surface area contributed by atoms with Crippen molar-refractivity contribution >= 4 is 17.8 Å². The zero-order valence-electron chi connectivity index (χ0n) is 21.7. The Morgan fingerprint density at radius 2 is 1.78 bits per heavy atom. The minimum absolute atomic E-state index is 0.0863. The lowest BCUT2D eigenvalue weighted by Crippen LogP contribution is -2.60. The number of allylic oxidation sites excluding steroid dienone is 1. The summed E-state index contributed by atoms with van der Waals surface area (Å²) in [6, 6.07) is -1.39. The van der Waals surface area contributed by atoms with Gasteiger partial charge in [0.15, 0.2) is 0 Å². The van der Waals surface area contributed by atoms with E-state index in [-0.39, 0.29) is 37.0 Å². The third-order valence-corrected chi connectivity index (χ3v) is 9.05. The quantitative estimate of drug-likeness (QED) is 0.471. The zero-order chi connectivity index (χ0) is 25.7. The van der Waals surface area contributed by atoms with Gasteiger partial charge >= 0.3 is 5.97 Å². The van der Waals surface area contributed by atoms with Crippen LogP contribution >= 0.6 is 0 Å². The molecule has 2 saturated heterocycles. The van der Waals surface area contributed by atoms with E-state index in [1.807, 2.05) is 50.0 Å². The lowest BCUT2D eigenvalue weighted by Gasteiger charge is -2.43. The smallest absolute Gasteiger partial charge is 0.313 e. The van der Waals surface area contributed by atoms with Crippen LogP contribution in [0.2, 0.25) is 0 Å². The second kappa shape index (κ2) is 9.60. The Balaban J connectivity index is 1.65. The molecule has 5 rings (SSSR count). The van der Waals surface area contributed by atoms with Gasteiger partial charge in [0.05, 0.1) is 30.8 Å². The van der Waals surface area contributed by atoms with Gasteiger partial charge in [-0.2, -0.15) is 0 Å². The normalized spacial score (nSPS) is 39.0. The number of aliphatic hydroxyl groups is 1. The molecule has 1 spiro atoms. The van der Waals surface area contributed by atoms with Crippen LogP contribution in [-0.4, -0.2) is 81.8 Å². The van der Waals surface area contributed by atoms with Crippen LogP contribution < -0.4 is 0 Å². The number of hydrogen-bond acceptors (Lipinski definition) is 6. The van der Waals surface area contributed by atoms with E-state index in [1.54, 1.807) is 4.90 Å². The van der Waals surface area contributed by atoms with Crippen LogP contribution in [0.1, 0.15) is 65.7 Å². The van der Waals surface area contributed by atoms with Gasteiger partial charge in [-0.25, -0.2) is 0 Å². The molecule has 4 heterocycles. The van der Waals surface area contributed by atoms with Crippen LogP contribution in [-0.2, 0) is 23.9 Å². The van der Waals surface area contributed by atoms with Crippen molar-refractivity contribution in [3.05, 3.63) is 24.3 Å². The predicted octanol–water partition coefficient (Wildman–Crippen LogP) is 2.60. The number of likely N-dealkylation sites (tertiary alicyclic amines) is 1. The molecule has 6 atom stereocenters. The van der Waals surface area contributed by atoms with E-state index < -0.39 is 41.1 Å². The average molecular weight is 501 g/mol. The summed E-state index contributed by atoms with van der Waals surface area (Å²) < 4.78 is 12.4. The topological polar surface area (TPSA) is 96.4 Å².